The Morgan fingerprint density at radius 1 is 0.254 bits per heavy atom. The summed E-state index contributed by atoms with van der Waals surface area (Å²) in [5, 5.41) is 0. The van der Waals surface area contributed by atoms with E-state index >= 15 is 0 Å². The molecule has 0 N–H and O–H groups in total. The van der Waals surface area contributed by atoms with Gasteiger partial charge in [-0.15, -0.1) is 0 Å². The monoisotopic (exact) mass is 862 g/mol. The van der Waals surface area contributed by atoms with Crippen LogP contribution < -0.4 is 9.80 Å². The molecule has 3 aliphatic rings. The van der Waals surface area contributed by atoms with Gasteiger partial charge in [-0.25, -0.2) is 0 Å². The van der Waals surface area contributed by atoms with Crippen LogP contribution in [0.15, 0.2) is 206 Å². The molecule has 324 valence electrons. The van der Waals surface area contributed by atoms with Gasteiger partial charge in [0.05, 0.1) is 0 Å². The standard InChI is InChI=1S/C65H54N2/c1-63(2)57-21-13-10-18-51(57)54-37-34-48(40-60(54)63)66(45-16-8-7-9-17-45)46-30-26-43(27-31-46)24-25-44-28-32-47(33-29-44)67(49-35-38-55-52-19-11-14-22-58(52)64(3,4)61(55)41-49)50-36-39-56-53-20-12-15-23-59(53)65(5,6)62(56)42-50/h7-42H,1-6H3/b25-24+. The van der Waals surface area contributed by atoms with E-state index in [9.17, 15) is 0 Å². The fourth-order valence-corrected chi connectivity index (χ4v) is 11.6. The second-order valence-corrected chi connectivity index (χ2v) is 20.2. The van der Waals surface area contributed by atoms with Gasteiger partial charge in [-0.3, -0.25) is 0 Å². The lowest BCUT2D eigenvalue weighted by Crippen LogP contribution is -2.18. The summed E-state index contributed by atoms with van der Waals surface area (Å²) in [5.74, 6) is 0. The highest BCUT2D eigenvalue weighted by Crippen LogP contribution is 2.54. The summed E-state index contributed by atoms with van der Waals surface area (Å²) in [6.07, 6.45) is 4.45. The first-order valence-electron chi connectivity index (χ1n) is 23.8. The molecule has 2 nitrogen and oxygen atoms in total. The molecule has 0 unspecified atom stereocenters. The summed E-state index contributed by atoms with van der Waals surface area (Å²) in [6.45, 7) is 14.2. The zero-order valence-electron chi connectivity index (χ0n) is 39.2. The highest BCUT2D eigenvalue weighted by atomic mass is 15.1. The third-order valence-electron chi connectivity index (χ3n) is 15.3. The molecule has 0 aliphatic heterocycles. The first-order valence-corrected chi connectivity index (χ1v) is 23.8. The second kappa shape index (κ2) is 15.2. The third-order valence-corrected chi connectivity index (χ3v) is 15.3. The first kappa shape index (κ1) is 40.8. The third kappa shape index (κ3) is 6.45. The van der Waals surface area contributed by atoms with E-state index < -0.39 is 0 Å². The van der Waals surface area contributed by atoms with E-state index in [0.717, 1.165) is 45.3 Å². The molecule has 0 bridgehead atoms. The molecule has 9 aromatic carbocycles. The largest absolute Gasteiger partial charge is 0.310 e. The minimum Gasteiger partial charge on any atom is -0.310 e. The van der Waals surface area contributed by atoms with Crippen molar-refractivity contribution in [3.05, 3.63) is 251 Å². The van der Waals surface area contributed by atoms with E-state index in [-0.39, 0.29) is 16.2 Å². The van der Waals surface area contributed by atoms with Crippen LogP contribution in [0.25, 0.3) is 45.5 Å². The van der Waals surface area contributed by atoms with E-state index in [1.807, 2.05) is 0 Å². The molecule has 0 fully saturated rings. The SMILES string of the molecule is CC1(C)c2ccccc2-c2ccc(N(c3ccccc3)c3ccc(/C=C/c4ccc(N(c5ccc6c(c5)C(C)(C)c5ccccc5-6)c5ccc6c(c5)C(C)(C)c5ccccc5-6)cc4)cc3)cc21. The minimum atomic E-state index is -0.103. The Balaban J connectivity index is 0.864. The van der Waals surface area contributed by atoms with Crippen LogP contribution in [-0.2, 0) is 16.2 Å². The molecule has 3 aliphatic carbocycles. The van der Waals surface area contributed by atoms with Gasteiger partial charge in [-0.1, -0.05) is 187 Å². The number of hydrogen-bond acceptors (Lipinski definition) is 2. The molecule has 67 heavy (non-hydrogen) atoms. The summed E-state index contributed by atoms with van der Waals surface area (Å²) < 4.78 is 0. The zero-order chi connectivity index (χ0) is 45.7. The lowest BCUT2D eigenvalue weighted by Gasteiger charge is -2.29. The molecule has 0 aromatic heterocycles. The highest BCUT2D eigenvalue weighted by Gasteiger charge is 2.38. The number of nitrogens with zero attached hydrogens (tertiary/aromatic N) is 2. The molecule has 12 rings (SSSR count). The second-order valence-electron chi connectivity index (χ2n) is 20.2. The smallest absolute Gasteiger partial charge is 0.0465 e. The maximum atomic E-state index is 2.45. The number of benzene rings is 9. The quantitative estimate of drug-likeness (QED) is 0.140. The Bertz CT molecular complexity index is 3320. The van der Waals surface area contributed by atoms with E-state index in [4.69, 9.17) is 0 Å². The average Bonchev–Trinajstić information content (AvgIpc) is 3.84. The summed E-state index contributed by atoms with van der Waals surface area (Å²) >= 11 is 0. The van der Waals surface area contributed by atoms with Crippen LogP contribution in [-0.4, -0.2) is 0 Å². The van der Waals surface area contributed by atoms with Gasteiger partial charge in [0.2, 0.25) is 0 Å². The average molecular weight is 863 g/mol. The van der Waals surface area contributed by atoms with Crippen molar-refractivity contribution < 1.29 is 0 Å². The van der Waals surface area contributed by atoms with Crippen molar-refractivity contribution in [1.82, 2.24) is 0 Å². The molecular weight excluding hydrogens is 809 g/mol. The number of anilines is 6. The molecular formula is C65H54N2. The van der Waals surface area contributed by atoms with Crippen LogP contribution in [0.3, 0.4) is 0 Å². The number of fused-ring (bicyclic) bond motifs is 9. The van der Waals surface area contributed by atoms with Crippen LogP contribution in [0.5, 0.6) is 0 Å². The zero-order valence-corrected chi connectivity index (χ0v) is 39.2. The van der Waals surface area contributed by atoms with E-state index in [1.54, 1.807) is 0 Å². The lowest BCUT2D eigenvalue weighted by molar-refractivity contribution is 0.660. The summed E-state index contributed by atoms with van der Waals surface area (Å²) in [5.41, 5.74) is 25.2. The van der Waals surface area contributed by atoms with Crippen molar-refractivity contribution in [3.63, 3.8) is 0 Å². The molecule has 0 saturated heterocycles. The fraction of sp³-hybridized carbons (Fsp3) is 0.138. The van der Waals surface area contributed by atoms with Gasteiger partial charge in [-0.05, 0) is 151 Å². The van der Waals surface area contributed by atoms with Gasteiger partial charge in [0.1, 0.15) is 0 Å². The van der Waals surface area contributed by atoms with Crippen molar-refractivity contribution in [2.45, 2.75) is 57.8 Å². The Labute approximate surface area is 396 Å². The van der Waals surface area contributed by atoms with Gasteiger partial charge in [0.15, 0.2) is 0 Å². The van der Waals surface area contributed by atoms with Crippen molar-refractivity contribution in [3.8, 4) is 33.4 Å². The number of rotatable bonds is 8. The Kier molecular flexibility index (Phi) is 9.25. The van der Waals surface area contributed by atoms with Crippen LogP contribution >= 0.6 is 0 Å². The molecule has 9 aromatic rings. The van der Waals surface area contributed by atoms with Crippen LogP contribution in [0, 0.1) is 0 Å². The maximum Gasteiger partial charge on any atom is 0.0465 e. The highest BCUT2D eigenvalue weighted by molar-refractivity contribution is 5.90. The molecule has 0 heterocycles. The van der Waals surface area contributed by atoms with Crippen molar-refractivity contribution in [1.29, 1.82) is 0 Å². The first-order chi connectivity index (χ1) is 32.5. The predicted octanol–water partition coefficient (Wildman–Crippen LogP) is 17.7. The molecule has 0 spiro atoms. The lowest BCUT2D eigenvalue weighted by atomic mass is 9.82. The maximum absolute atomic E-state index is 2.45. The minimum absolute atomic E-state index is 0.0760. The Morgan fingerprint density at radius 3 is 0.881 bits per heavy atom. The molecule has 0 saturated carbocycles. The van der Waals surface area contributed by atoms with E-state index in [2.05, 4.69) is 270 Å². The summed E-state index contributed by atoms with van der Waals surface area (Å²) in [6, 6.07) is 76.5. The fourth-order valence-electron chi connectivity index (χ4n) is 11.6. The normalized spacial score (nSPS) is 15.0. The Morgan fingerprint density at radius 2 is 0.522 bits per heavy atom. The molecule has 0 radical (unpaired) electrons. The van der Waals surface area contributed by atoms with Gasteiger partial charge in [-0.2, -0.15) is 0 Å². The number of hydrogen-bond donors (Lipinski definition) is 0. The van der Waals surface area contributed by atoms with Crippen molar-refractivity contribution in [2.24, 2.45) is 0 Å². The van der Waals surface area contributed by atoms with Crippen LogP contribution in [0.1, 0.15) is 86.1 Å². The van der Waals surface area contributed by atoms with Gasteiger partial charge in [0.25, 0.3) is 0 Å². The van der Waals surface area contributed by atoms with Crippen molar-refractivity contribution in [2.75, 3.05) is 9.80 Å². The number of para-hydroxylation sites is 1. The summed E-state index contributed by atoms with van der Waals surface area (Å²) in [4.78, 5) is 4.82. The molecule has 0 amide bonds. The van der Waals surface area contributed by atoms with E-state index in [0.29, 0.717) is 0 Å². The molecule has 2 heteroatoms. The van der Waals surface area contributed by atoms with Gasteiger partial charge in [0, 0.05) is 50.4 Å². The van der Waals surface area contributed by atoms with E-state index in [1.165, 1.54) is 66.8 Å². The molecule has 0 atom stereocenters. The van der Waals surface area contributed by atoms with Gasteiger partial charge < -0.3 is 9.80 Å². The predicted molar refractivity (Wildman–Crippen MR) is 284 cm³/mol. The topological polar surface area (TPSA) is 6.48 Å². The van der Waals surface area contributed by atoms with Crippen LogP contribution in [0.4, 0.5) is 34.1 Å². The van der Waals surface area contributed by atoms with Crippen molar-refractivity contribution >= 4 is 46.3 Å². The van der Waals surface area contributed by atoms with Gasteiger partial charge >= 0.3 is 0 Å². The summed E-state index contributed by atoms with van der Waals surface area (Å²) in [7, 11) is 0. The van der Waals surface area contributed by atoms with Crippen LogP contribution in [0.2, 0.25) is 0 Å². The Hall–Kier alpha value is -7.68.